The Morgan fingerprint density at radius 1 is 1.38 bits per heavy atom. The average Bonchev–Trinajstić information content (AvgIpc) is 2.17. The Morgan fingerprint density at radius 3 is 2.92 bits per heavy atom. The van der Waals surface area contributed by atoms with E-state index in [1.807, 2.05) is 30.3 Å². The number of amides is 1. The van der Waals surface area contributed by atoms with Crippen molar-refractivity contribution in [1.29, 1.82) is 0 Å². The smallest absolute Gasteiger partial charge is 0.249 e. The van der Waals surface area contributed by atoms with Gasteiger partial charge in [-0.3, -0.25) is 4.79 Å². The maximum Gasteiger partial charge on any atom is 0.249 e. The van der Waals surface area contributed by atoms with Crippen molar-refractivity contribution >= 4 is 17.2 Å². The van der Waals surface area contributed by atoms with E-state index in [2.05, 4.69) is 5.32 Å². The van der Waals surface area contributed by atoms with Crippen molar-refractivity contribution in [1.82, 2.24) is 0 Å². The summed E-state index contributed by atoms with van der Waals surface area (Å²) < 4.78 is 0. The van der Waals surface area contributed by atoms with Gasteiger partial charge in [-0.25, -0.2) is 0 Å². The molecule has 0 saturated carbocycles. The van der Waals surface area contributed by atoms with Crippen molar-refractivity contribution in [3.63, 3.8) is 0 Å². The van der Waals surface area contributed by atoms with Crippen LogP contribution < -0.4 is 11.1 Å². The van der Waals surface area contributed by atoms with E-state index in [9.17, 15) is 4.79 Å². The van der Waals surface area contributed by atoms with Gasteiger partial charge in [-0.05, 0) is 6.07 Å². The minimum absolute atomic E-state index is 0.367. The maximum atomic E-state index is 11.0. The number of hydrogen-bond donors (Lipinski definition) is 2. The minimum Gasteiger partial charge on any atom is -0.381 e. The van der Waals surface area contributed by atoms with Gasteiger partial charge in [0.1, 0.15) is 0 Å². The standard InChI is InChI=1S/C10H10N2O/c11-10(13)8-5-6-12-9-4-2-1-3-7(8)9/h1-5,12H,6H2,(H2,11,13). The van der Waals surface area contributed by atoms with Gasteiger partial charge in [-0.1, -0.05) is 24.3 Å². The van der Waals surface area contributed by atoms with Crippen molar-refractivity contribution in [2.45, 2.75) is 0 Å². The first-order chi connectivity index (χ1) is 6.29. The third-order valence-corrected chi connectivity index (χ3v) is 2.08. The molecule has 0 fully saturated rings. The number of benzene rings is 1. The van der Waals surface area contributed by atoms with Crippen LogP contribution in [0.25, 0.3) is 5.57 Å². The lowest BCUT2D eigenvalue weighted by Crippen LogP contribution is -2.18. The second-order valence-corrected chi connectivity index (χ2v) is 2.91. The van der Waals surface area contributed by atoms with Gasteiger partial charge in [0, 0.05) is 23.4 Å². The predicted molar refractivity (Wildman–Crippen MR) is 52.1 cm³/mol. The molecule has 1 heterocycles. The van der Waals surface area contributed by atoms with Gasteiger partial charge in [0.2, 0.25) is 5.91 Å². The van der Waals surface area contributed by atoms with Gasteiger partial charge < -0.3 is 11.1 Å². The van der Waals surface area contributed by atoms with Crippen LogP contribution in [0, 0.1) is 0 Å². The molecule has 0 bridgehead atoms. The molecule has 0 saturated heterocycles. The predicted octanol–water partition coefficient (Wildman–Crippen LogP) is 0.981. The van der Waals surface area contributed by atoms with Crippen LogP contribution in [0.15, 0.2) is 30.3 Å². The second-order valence-electron chi connectivity index (χ2n) is 2.91. The van der Waals surface area contributed by atoms with Crippen LogP contribution >= 0.6 is 0 Å². The van der Waals surface area contributed by atoms with Gasteiger partial charge in [0.15, 0.2) is 0 Å². The second kappa shape index (κ2) is 2.94. The maximum absolute atomic E-state index is 11.0. The van der Waals surface area contributed by atoms with E-state index in [4.69, 9.17) is 5.73 Å². The molecule has 1 aliphatic heterocycles. The Balaban J connectivity index is 2.53. The number of nitrogens with one attached hydrogen (secondary N) is 1. The molecule has 1 aromatic carbocycles. The lowest BCUT2D eigenvalue weighted by molar-refractivity contribution is -0.112. The summed E-state index contributed by atoms with van der Waals surface area (Å²) in [6.45, 7) is 0.662. The molecular formula is C10H10N2O. The van der Waals surface area contributed by atoms with E-state index in [0.29, 0.717) is 12.1 Å². The zero-order valence-electron chi connectivity index (χ0n) is 7.08. The van der Waals surface area contributed by atoms with Crippen molar-refractivity contribution in [2.75, 3.05) is 11.9 Å². The number of rotatable bonds is 1. The lowest BCUT2D eigenvalue weighted by atomic mass is 10.0. The minimum atomic E-state index is -0.367. The number of anilines is 1. The number of nitrogens with two attached hydrogens (primary N) is 1. The molecule has 1 aliphatic rings. The lowest BCUT2D eigenvalue weighted by Gasteiger charge is -2.16. The van der Waals surface area contributed by atoms with E-state index in [1.165, 1.54) is 0 Å². The molecule has 0 unspecified atom stereocenters. The van der Waals surface area contributed by atoms with E-state index >= 15 is 0 Å². The van der Waals surface area contributed by atoms with Crippen LogP contribution in [-0.2, 0) is 4.79 Å². The summed E-state index contributed by atoms with van der Waals surface area (Å²) >= 11 is 0. The van der Waals surface area contributed by atoms with E-state index in [-0.39, 0.29) is 5.91 Å². The van der Waals surface area contributed by atoms with E-state index < -0.39 is 0 Å². The first kappa shape index (κ1) is 7.86. The van der Waals surface area contributed by atoms with Gasteiger partial charge >= 0.3 is 0 Å². The van der Waals surface area contributed by atoms with E-state index in [0.717, 1.165) is 11.3 Å². The Kier molecular flexibility index (Phi) is 1.77. The summed E-state index contributed by atoms with van der Waals surface area (Å²) in [7, 11) is 0. The number of hydrogen-bond acceptors (Lipinski definition) is 2. The first-order valence-corrected chi connectivity index (χ1v) is 4.12. The summed E-state index contributed by atoms with van der Waals surface area (Å²) in [4.78, 5) is 11.0. The monoisotopic (exact) mass is 174 g/mol. The summed E-state index contributed by atoms with van der Waals surface area (Å²) in [5.74, 6) is -0.367. The Labute approximate surface area is 76.2 Å². The van der Waals surface area contributed by atoms with Gasteiger partial charge in [-0.15, -0.1) is 0 Å². The van der Waals surface area contributed by atoms with Gasteiger partial charge in [0.05, 0.1) is 0 Å². The van der Waals surface area contributed by atoms with Crippen LogP contribution in [0.2, 0.25) is 0 Å². The van der Waals surface area contributed by atoms with Crippen LogP contribution in [-0.4, -0.2) is 12.5 Å². The summed E-state index contributed by atoms with van der Waals surface area (Å²) in [6, 6.07) is 7.64. The largest absolute Gasteiger partial charge is 0.381 e. The number of carbonyl (C=O) groups is 1. The zero-order chi connectivity index (χ0) is 9.26. The summed E-state index contributed by atoms with van der Waals surface area (Å²) in [5, 5.41) is 3.16. The van der Waals surface area contributed by atoms with Crippen LogP contribution in [0.5, 0.6) is 0 Å². The molecular weight excluding hydrogens is 164 g/mol. The Hall–Kier alpha value is -1.77. The molecule has 3 heteroatoms. The van der Waals surface area contributed by atoms with Crippen LogP contribution in [0.3, 0.4) is 0 Å². The van der Waals surface area contributed by atoms with E-state index in [1.54, 1.807) is 0 Å². The average molecular weight is 174 g/mol. The molecule has 2 rings (SSSR count). The number of para-hydroxylation sites is 1. The third kappa shape index (κ3) is 1.28. The molecule has 0 spiro atoms. The molecule has 3 nitrogen and oxygen atoms in total. The fourth-order valence-electron chi connectivity index (χ4n) is 1.48. The number of primary amides is 1. The third-order valence-electron chi connectivity index (χ3n) is 2.08. The highest BCUT2D eigenvalue weighted by molar-refractivity contribution is 6.20. The highest BCUT2D eigenvalue weighted by Crippen LogP contribution is 2.26. The van der Waals surface area contributed by atoms with Gasteiger partial charge in [0.25, 0.3) is 0 Å². The highest BCUT2D eigenvalue weighted by Gasteiger charge is 2.14. The quantitative estimate of drug-likeness (QED) is 0.666. The topological polar surface area (TPSA) is 55.1 Å². The molecule has 3 N–H and O–H groups in total. The van der Waals surface area contributed by atoms with Crippen molar-refractivity contribution in [3.8, 4) is 0 Å². The first-order valence-electron chi connectivity index (χ1n) is 4.12. The molecule has 66 valence electrons. The normalized spacial score (nSPS) is 14.0. The molecule has 0 radical (unpaired) electrons. The molecule has 0 aromatic heterocycles. The fourth-order valence-corrected chi connectivity index (χ4v) is 1.48. The zero-order valence-corrected chi connectivity index (χ0v) is 7.08. The van der Waals surface area contributed by atoms with Gasteiger partial charge in [-0.2, -0.15) is 0 Å². The fraction of sp³-hybridized carbons (Fsp3) is 0.100. The van der Waals surface area contributed by atoms with Crippen LogP contribution in [0.4, 0.5) is 5.69 Å². The van der Waals surface area contributed by atoms with Crippen molar-refractivity contribution in [2.24, 2.45) is 5.73 Å². The highest BCUT2D eigenvalue weighted by atomic mass is 16.1. The Bertz CT molecular complexity index is 382. The molecule has 0 atom stereocenters. The Morgan fingerprint density at radius 2 is 2.15 bits per heavy atom. The number of fused-ring (bicyclic) bond motifs is 1. The van der Waals surface area contributed by atoms with Crippen molar-refractivity contribution < 1.29 is 4.79 Å². The van der Waals surface area contributed by atoms with Crippen molar-refractivity contribution in [3.05, 3.63) is 35.9 Å². The summed E-state index contributed by atoms with van der Waals surface area (Å²) in [5.41, 5.74) is 7.71. The number of carbonyl (C=O) groups excluding carboxylic acids is 1. The summed E-state index contributed by atoms with van der Waals surface area (Å²) in [6.07, 6.45) is 1.81. The molecule has 13 heavy (non-hydrogen) atoms. The molecule has 1 amide bonds. The van der Waals surface area contributed by atoms with Crippen LogP contribution in [0.1, 0.15) is 5.56 Å². The molecule has 1 aromatic rings. The SMILES string of the molecule is NC(=O)C1=CCNc2ccccc21. The molecule has 0 aliphatic carbocycles.